The summed E-state index contributed by atoms with van der Waals surface area (Å²) in [7, 11) is 0. The Kier molecular flexibility index (Phi) is 4.88. The second kappa shape index (κ2) is 7.16. The number of fused-ring (bicyclic) bond motifs is 1. The van der Waals surface area contributed by atoms with E-state index in [1.165, 1.54) is 32.1 Å². The van der Waals surface area contributed by atoms with Crippen molar-refractivity contribution in [1.82, 2.24) is 20.4 Å². The third-order valence-electron chi connectivity index (χ3n) is 6.33. The second-order valence-electron chi connectivity index (χ2n) is 7.75. The average molecular weight is 376 g/mol. The Morgan fingerprint density at radius 1 is 1.15 bits per heavy atom. The van der Waals surface area contributed by atoms with E-state index in [1.54, 1.807) is 0 Å². The van der Waals surface area contributed by atoms with Crippen molar-refractivity contribution >= 4 is 18.2 Å². The Morgan fingerprint density at radius 3 is 2.85 bits per heavy atom. The lowest BCUT2D eigenvalue weighted by Crippen LogP contribution is -2.31. The van der Waals surface area contributed by atoms with Crippen LogP contribution in [-0.2, 0) is 5.41 Å². The lowest BCUT2D eigenvalue weighted by molar-refractivity contribution is 0.265. The first-order chi connectivity index (χ1) is 12.4. The van der Waals surface area contributed by atoms with Gasteiger partial charge in [0.1, 0.15) is 5.82 Å². The zero-order chi connectivity index (χ0) is 16.7. The average Bonchev–Trinajstić information content (AvgIpc) is 3.38. The standard InChI is InChI=1S/C19H25N5O.ClH/c1-2-9-24(10-3-1)16-7-6-14(11-21-16)17-22-18(25-23-17)19-8-4-5-15(19)12-20-13-19;/h6-7,11,15,20H,1-5,8-10,12-13H2;1H/t15-,19-;/m1./s1. The lowest BCUT2D eigenvalue weighted by atomic mass is 9.80. The molecule has 6 nitrogen and oxygen atoms in total. The van der Waals surface area contributed by atoms with Crippen molar-refractivity contribution < 1.29 is 4.52 Å². The Morgan fingerprint density at radius 2 is 2.04 bits per heavy atom. The molecule has 2 aromatic heterocycles. The number of rotatable bonds is 3. The molecule has 3 fully saturated rings. The number of hydrogen-bond acceptors (Lipinski definition) is 6. The molecule has 26 heavy (non-hydrogen) atoms. The molecule has 3 aliphatic rings. The molecule has 2 aromatic rings. The molecule has 0 radical (unpaired) electrons. The molecule has 0 unspecified atom stereocenters. The molecular weight excluding hydrogens is 350 g/mol. The third-order valence-corrected chi connectivity index (χ3v) is 6.33. The molecule has 5 rings (SSSR count). The molecule has 1 saturated carbocycles. The molecule has 7 heteroatoms. The normalized spacial score (nSPS) is 28.0. The number of halogens is 1. The van der Waals surface area contributed by atoms with Gasteiger partial charge in [0, 0.05) is 31.4 Å². The van der Waals surface area contributed by atoms with Crippen molar-refractivity contribution in [3.05, 3.63) is 24.2 Å². The van der Waals surface area contributed by atoms with Crippen LogP contribution in [0.5, 0.6) is 0 Å². The first-order valence-corrected chi connectivity index (χ1v) is 9.61. The summed E-state index contributed by atoms with van der Waals surface area (Å²) < 4.78 is 5.71. The minimum atomic E-state index is 0. The highest BCUT2D eigenvalue weighted by atomic mass is 35.5. The molecule has 0 bridgehead atoms. The van der Waals surface area contributed by atoms with Gasteiger partial charge in [0.25, 0.3) is 0 Å². The summed E-state index contributed by atoms with van der Waals surface area (Å²) >= 11 is 0. The molecule has 1 N–H and O–H groups in total. The van der Waals surface area contributed by atoms with Crippen LogP contribution in [0.3, 0.4) is 0 Å². The fraction of sp³-hybridized carbons (Fsp3) is 0.632. The van der Waals surface area contributed by atoms with Crippen molar-refractivity contribution in [2.24, 2.45) is 5.92 Å². The first-order valence-electron chi connectivity index (χ1n) is 9.61. The number of hydrogen-bond donors (Lipinski definition) is 1. The Hall–Kier alpha value is -1.66. The van der Waals surface area contributed by atoms with Crippen molar-refractivity contribution in [2.75, 3.05) is 31.1 Å². The fourth-order valence-electron chi connectivity index (χ4n) is 4.87. The van der Waals surface area contributed by atoms with Gasteiger partial charge in [-0.3, -0.25) is 0 Å². The van der Waals surface area contributed by atoms with Gasteiger partial charge in [-0.2, -0.15) is 4.98 Å². The summed E-state index contributed by atoms with van der Waals surface area (Å²) in [5.41, 5.74) is 1.000. The Bertz CT molecular complexity index is 731. The predicted octanol–water partition coefficient (Wildman–Crippen LogP) is 3.18. The van der Waals surface area contributed by atoms with Gasteiger partial charge in [0.15, 0.2) is 0 Å². The van der Waals surface area contributed by atoms with Crippen LogP contribution >= 0.6 is 12.4 Å². The van der Waals surface area contributed by atoms with Crippen LogP contribution in [0.25, 0.3) is 11.4 Å². The zero-order valence-electron chi connectivity index (χ0n) is 15.0. The third kappa shape index (κ3) is 2.89. The summed E-state index contributed by atoms with van der Waals surface area (Å²) in [4.78, 5) is 11.8. The van der Waals surface area contributed by atoms with Crippen LogP contribution in [0.4, 0.5) is 5.82 Å². The van der Waals surface area contributed by atoms with E-state index in [0.717, 1.165) is 49.9 Å². The van der Waals surface area contributed by atoms with Crippen molar-refractivity contribution in [3.8, 4) is 11.4 Å². The van der Waals surface area contributed by atoms with Crippen molar-refractivity contribution in [1.29, 1.82) is 0 Å². The largest absolute Gasteiger partial charge is 0.357 e. The maximum absolute atomic E-state index is 5.71. The predicted molar refractivity (Wildman–Crippen MR) is 103 cm³/mol. The number of nitrogens with zero attached hydrogens (tertiary/aromatic N) is 4. The van der Waals surface area contributed by atoms with E-state index < -0.39 is 0 Å². The molecule has 140 valence electrons. The van der Waals surface area contributed by atoms with Crippen LogP contribution in [0, 0.1) is 5.92 Å². The van der Waals surface area contributed by atoms with Gasteiger partial charge >= 0.3 is 0 Å². The number of nitrogens with one attached hydrogen (secondary N) is 1. The van der Waals surface area contributed by atoms with E-state index in [0.29, 0.717) is 11.7 Å². The van der Waals surface area contributed by atoms with Crippen LogP contribution in [-0.4, -0.2) is 41.3 Å². The van der Waals surface area contributed by atoms with Gasteiger partial charge in [0.2, 0.25) is 11.7 Å². The van der Waals surface area contributed by atoms with E-state index in [9.17, 15) is 0 Å². The number of piperidine rings is 1. The van der Waals surface area contributed by atoms with Gasteiger partial charge < -0.3 is 14.7 Å². The molecule has 2 saturated heterocycles. The highest BCUT2D eigenvalue weighted by Crippen LogP contribution is 2.47. The lowest BCUT2D eigenvalue weighted by Gasteiger charge is -2.27. The SMILES string of the molecule is Cl.c1cc(N2CCCCC2)ncc1-c1noc([C@@]23CCC[C@@H]2CNC3)n1. The highest BCUT2D eigenvalue weighted by Gasteiger charge is 2.51. The topological polar surface area (TPSA) is 67.1 Å². The highest BCUT2D eigenvalue weighted by molar-refractivity contribution is 5.85. The smallest absolute Gasteiger partial charge is 0.234 e. The van der Waals surface area contributed by atoms with Crippen LogP contribution in [0.2, 0.25) is 0 Å². The summed E-state index contributed by atoms with van der Waals surface area (Å²) in [6, 6.07) is 4.16. The van der Waals surface area contributed by atoms with E-state index in [-0.39, 0.29) is 17.8 Å². The van der Waals surface area contributed by atoms with E-state index >= 15 is 0 Å². The molecule has 0 aromatic carbocycles. The minimum absolute atomic E-state index is 0. The summed E-state index contributed by atoms with van der Waals surface area (Å²) in [6.45, 7) is 4.25. The summed E-state index contributed by atoms with van der Waals surface area (Å²) in [5, 5.41) is 7.77. The number of pyridine rings is 1. The molecule has 0 amide bonds. The number of aromatic nitrogens is 3. The van der Waals surface area contributed by atoms with Crippen LogP contribution in [0.1, 0.15) is 44.4 Å². The van der Waals surface area contributed by atoms with Crippen molar-refractivity contribution in [2.45, 2.75) is 43.9 Å². The van der Waals surface area contributed by atoms with Gasteiger partial charge in [-0.25, -0.2) is 4.98 Å². The Labute approximate surface area is 160 Å². The summed E-state index contributed by atoms with van der Waals surface area (Å²) in [6.07, 6.45) is 9.41. The van der Waals surface area contributed by atoms with E-state index in [2.05, 4.69) is 32.5 Å². The van der Waals surface area contributed by atoms with Gasteiger partial charge in [-0.05, 0) is 56.7 Å². The number of anilines is 1. The maximum atomic E-state index is 5.71. The van der Waals surface area contributed by atoms with Crippen LogP contribution in [0.15, 0.2) is 22.9 Å². The Balaban J connectivity index is 0.00000168. The quantitative estimate of drug-likeness (QED) is 0.888. The molecule has 0 spiro atoms. The van der Waals surface area contributed by atoms with Gasteiger partial charge in [0.05, 0.1) is 5.41 Å². The van der Waals surface area contributed by atoms with Gasteiger partial charge in [-0.1, -0.05) is 11.6 Å². The minimum Gasteiger partial charge on any atom is -0.357 e. The zero-order valence-corrected chi connectivity index (χ0v) is 15.8. The first kappa shape index (κ1) is 17.7. The van der Waals surface area contributed by atoms with E-state index in [1.807, 2.05) is 6.20 Å². The second-order valence-corrected chi connectivity index (χ2v) is 7.75. The summed E-state index contributed by atoms with van der Waals surface area (Å²) in [5.74, 6) is 3.18. The monoisotopic (exact) mass is 375 g/mol. The molecule has 1 aliphatic carbocycles. The molecule has 2 atom stereocenters. The van der Waals surface area contributed by atoms with Gasteiger partial charge in [-0.15, -0.1) is 12.4 Å². The van der Waals surface area contributed by atoms with Crippen LogP contribution < -0.4 is 10.2 Å². The maximum Gasteiger partial charge on any atom is 0.234 e. The molecule has 2 aliphatic heterocycles. The molecular formula is C19H26ClN5O. The fourth-order valence-corrected chi connectivity index (χ4v) is 4.87. The van der Waals surface area contributed by atoms with E-state index in [4.69, 9.17) is 9.51 Å². The molecule has 4 heterocycles. The van der Waals surface area contributed by atoms with Crippen molar-refractivity contribution in [3.63, 3.8) is 0 Å².